The number of amides is 1. The van der Waals surface area contributed by atoms with Crippen molar-refractivity contribution in [1.29, 1.82) is 0 Å². The van der Waals surface area contributed by atoms with E-state index < -0.39 is 29.0 Å². The number of ketones is 1. The third-order valence-corrected chi connectivity index (χ3v) is 8.03. The Balaban J connectivity index is 1.67. The number of nitrogens with one attached hydrogen (secondary N) is 1. The molecular weight excluding hydrogens is 394 g/mol. The van der Waals surface area contributed by atoms with E-state index in [-0.39, 0.29) is 31.1 Å². The Kier molecular flexibility index (Phi) is 4.29. The third kappa shape index (κ3) is 2.52. The largest absolute Gasteiger partial charge is 0.497 e. The monoisotopic (exact) mass is 420 g/mol. The topological polar surface area (TPSA) is 78.9 Å². The number of Topliss-reactive ketones (excluding diaryl/α,β-unsaturated/α-hetero) is 1. The van der Waals surface area contributed by atoms with E-state index in [9.17, 15) is 23.5 Å². The van der Waals surface area contributed by atoms with Crippen LogP contribution in [0.1, 0.15) is 43.2 Å². The van der Waals surface area contributed by atoms with Crippen LogP contribution >= 0.6 is 0 Å². The molecule has 3 fully saturated rings. The summed E-state index contributed by atoms with van der Waals surface area (Å²) in [5, 5.41) is 15.0. The third-order valence-electron chi connectivity index (χ3n) is 8.03. The Morgan fingerprint density at radius 2 is 2.10 bits per heavy atom. The van der Waals surface area contributed by atoms with Gasteiger partial charge in [0.2, 0.25) is 5.91 Å². The minimum Gasteiger partial charge on any atom is -0.497 e. The van der Waals surface area contributed by atoms with E-state index in [0.29, 0.717) is 38.0 Å². The van der Waals surface area contributed by atoms with Crippen LogP contribution in [0.15, 0.2) is 18.2 Å². The lowest BCUT2D eigenvalue weighted by Gasteiger charge is -2.66. The number of methoxy groups -OCH3 is 1. The standard InChI is InChI=1S/C22H26F2N2O4/c1-30-14-3-2-13-8-16-22(29)5-4-21(17(27)10-19(28)25-21)12-20(22,15(13)9-14)6-7-26(16)11-18(23)24/h2-3,9,16,18,29H,4-8,10-12H2,1H3,(H,25,28)/t16-,20-,21+,22-/m1/s1. The van der Waals surface area contributed by atoms with Crippen LogP contribution in [-0.4, -0.2) is 65.5 Å². The van der Waals surface area contributed by atoms with Crippen LogP contribution in [0.2, 0.25) is 0 Å². The number of nitrogens with zero attached hydrogens (tertiary/aromatic N) is 1. The van der Waals surface area contributed by atoms with Crippen molar-refractivity contribution in [1.82, 2.24) is 10.2 Å². The van der Waals surface area contributed by atoms with Crippen molar-refractivity contribution in [2.45, 2.75) is 67.5 Å². The molecule has 0 aromatic heterocycles. The van der Waals surface area contributed by atoms with E-state index in [1.54, 1.807) is 12.0 Å². The molecule has 2 aliphatic heterocycles. The number of aliphatic hydroxyl groups is 1. The van der Waals surface area contributed by atoms with E-state index in [2.05, 4.69) is 5.32 Å². The zero-order valence-electron chi connectivity index (χ0n) is 16.9. The van der Waals surface area contributed by atoms with Crippen LogP contribution < -0.4 is 10.1 Å². The summed E-state index contributed by atoms with van der Waals surface area (Å²) in [6.07, 6.45) is -0.811. The minimum absolute atomic E-state index is 0.134. The van der Waals surface area contributed by atoms with Gasteiger partial charge in [0, 0.05) is 11.5 Å². The first-order valence-corrected chi connectivity index (χ1v) is 10.5. The van der Waals surface area contributed by atoms with Gasteiger partial charge in [-0.2, -0.15) is 0 Å². The van der Waals surface area contributed by atoms with E-state index in [4.69, 9.17) is 4.74 Å². The van der Waals surface area contributed by atoms with Gasteiger partial charge in [0.15, 0.2) is 5.78 Å². The fourth-order valence-electron chi connectivity index (χ4n) is 6.69. The molecule has 1 aromatic rings. The second kappa shape index (κ2) is 6.47. The Hall–Kier alpha value is -2.06. The van der Waals surface area contributed by atoms with E-state index in [0.717, 1.165) is 11.1 Å². The van der Waals surface area contributed by atoms with Gasteiger partial charge in [0.1, 0.15) is 11.3 Å². The molecule has 1 aromatic carbocycles. The Labute approximate surface area is 173 Å². The molecule has 2 bridgehead atoms. The first kappa shape index (κ1) is 19.9. The van der Waals surface area contributed by atoms with Crippen molar-refractivity contribution in [2.75, 3.05) is 20.2 Å². The summed E-state index contributed by atoms with van der Waals surface area (Å²) in [5.41, 5.74) is -1.14. The molecule has 8 heteroatoms. The molecule has 4 aliphatic rings. The van der Waals surface area contributed by atoms with E-state index in [1.807, 2.05) is 18.2 Å². The second-order valence-corrected chi connectivity index (χ2v) is 9.29. The normalized spacial score (nSPS) is 37.8. The van der Waals surface area contributed by atoms with Gasteiger partial charge in [-0.1, -0.05) is 6.07 Å². The van der Waals surface area contributed by atoms with E-state index in [1.165, 1.54) is 0 Å². The summed E-state index contributed by atoms with van der Waals surface area (Å²) in [7, 11) is 1.57. The van der Waals surface area contributed by atoms with Gasteiger partial charge in [-0.05, 0) is 61.9 Å². The highest BCUT2D eigenvalue weighted by atomic mass is 19.3. The number of carbonyl (C=O) groups excluding carboxylic acids is 2. The lowest BCUT2D eigenvalue weighted by atomic mass is 9.46. The number of halogens is 2. The maximum Gasteiger partial charge on any atom is 0.251 e. The number of alkyl halides is 2. The van der Waals surface area contributed by atoms with Gasteiger partial charge >= 0.3 is 0 Å². The van der Waals surface area contributed by atoms with Gasteiger partial charge in [-0.15, -0.1) is 0 Å². The Bertz CT molecular complexity index is 924. The van der Waals surface area contributed by atoms with Gasteiger partial charge in [-0.25, -0.2) is 8.78 Å². The molecule has 1 amide bonds. The van der Waals surface area contributed by atoms with Gasteiger partial charge in [-0.3, -0.25) is 14.5 Å². The number of rotatable bonds is 3. The highest BCUT2D eigenvalue weighted by Crippen LogP contribution is 2.61. The summed E-state index contributed by atoms with van der Waals surface area (Å²) in [6, 6.07) is 5.24. The predicted molar refractivity (Wildman–Crippen MR) is 104 cm³/mol. The fraction of sp³-hybridized carbons (Fsp3) is 0.636. The summed E-state index contributed by atoms with van der Waals surface area (Å²) in [6.45, 7) is 0.0293. The number of piperidine rings is 1. The molecular formula is C22H26F2N2O4. The smallest absolute Gasteiger partial charge is 0.251 e. The lowest BCUT2D eigenvalue weighted by molar-refractivity contribution is -0.184. The molecule has 2 heterocycles. The predicted octanol–water partition coefficient (Wildman–Crippen LogP) is 1.57. The van der Waals surface area contributed by atoms with Crippen molar-refractivity contribution < 1.29 is 28.2 Å². The van der Waals surface area contributed by atoms with Crippen LogP contribution in [0.5, 0.6) is 5.75 Å². The van der Waals surface area contributed by atoms with Crippen molar-refractivity contribution in [3.63, 3.8) is 0 Å². The summed E-state index contributed by atoms with van der Waals surface area (Å²) in [5.74, 6) is 0.237. The van der Waals surface area contributed by atoms with Gasteiger partial charge in [0.25, 0.3) is 6.43 Å². The van der Waals surface area contributed by atoms with Gasteiger partial charge in [0.05, 0.1) is 25.7 Å². The highest BCUT2D eigenvalue weighted by molar-refractivity contribution is 6.10. The first-order valence-electron chi connectivity index (χ1n) is 10.5. The summed E-state index contributed by atoms with van der Waals surface area (Å²) < 4.78 is 32.0. The van der Waals surface area contributed by atoms with Gasteiger partial charge < -0.3 is 15.2 Å². The van der Waals surface area contributed by atoms with Crippen LogP contribution in [0.4, 0.5) is 8.78 Å². The van der Waals surface area contributed by atoms with Crippen LogP contribution in [0.3, 0.4) is 0 Å². The molecule has 30 heavy (non-hydrogen) atoms. The van der Waals surface area contributed by atoms with Crippen LogP contribution in [0, 0.1) is 0 Å². The van der Waals surface area contributed by atoms with Crippen LogP contribution in [0.25, 0.3) is 0 Å². The number of benzene rings is 1. The van der Waals surface area contributed by atoms with Crippen molar-refractivity contribution in [3.05, 3.63) is 29.3 Å². The molecule has 0 radical (unpaired) electrons. The second-order valence-electron chi connectivity index (χ2n) is 9.29. The molecule has 162 valence electrons. The molecule has 1 spiro atoms. The highest BCUT2D eigenvalue weighted by Gasteiger charge is 2.69. The molecule has 2 saturated heterocycles. The number of hydrogen-bond acceptors (Lipinski definition) is 5. The maximum atomic E-state index is 13.3. The molecule has 2 aliphatic carbocycles. The maximum absolute atomic E-state index is 13.3. The minimum atomic E-state index is -2.48. The molecule has 1 saturated carbocycles. The quantitative estimate of drug-likeness (QED) is 0.726. The van der Waals surface area contributed by atoms with Crippen molar-refractivity contribution >= 4 is 11.7 Å². The fourth-order valence-corrected chi connectivity index (χ4v) is 6.69. The van der Waals surface area contributed by atoms with E-state index >= 15 is 0 Å². The first-order chi connectivity index (χ1) is 14.2. The summed E-state index contributed by atoms with van der Waals surface area (Å²) in [4.78, 5) is 26.6. The van der Waals surface area contributed by atoms with Crippen molar-refractivity contribution in [2.24, 2.45) is 0 Å². The van der Waals surface area contributed by atoms with Crippen LogP contribution in [-0.2, 0) is 21.4 Å². The molecule has 0 unspecified atom stereocenters. The zero-order valence-corrected chi connectivity index (χ0v) is 16.9. The number of hydrogen-bond donors (Lipinski definition) is 2. The number of fused-ring (bicyclic) bond motifs is 1. The number of carbonyl (C=O) groups is 2. The average molecular weight is 420 g/mol. The lowest BCUT2D eigenvalue weighted by Crippen LogP contribution is -2.76. The Morgan fingerprint density at radius 1 is 1.30 bits per heavy atom. The van der Waals surface area contributed by atoms with Crippen molar-refractivity contribution in [3.8, 4) is 5.75 Å². The number of ether oxygens (including phenoxy) is 1. The summed E-state index contributed by atoms with van der Waals surface area (Å²) >= 11 is 0. The SMILES string of the molecule is COc1ccc2c(c1)[C@]13CCN(CC(F)F)[C@H](C2)[C@]1(O)CC[C@@]1(C3)NC(=O)CC1=O. The molecule has 4 atom stereocenters. The average Bonchev–Trinajstić information content (AvgIpc) is 2.97. The molecule has 2 N–H and O–H groups in total. The molecule has 5 rings (SSSR count). The Morgan fingerprint density at radius 3 is 2.77 bits per heavy atom. The number of likely N-dealkylation sites (tertiary alicyclic amines) is 1. The molecule has 6 nitrogen and oxygen atoms in total. The zero-order chi connectivity index (χ0) is 21.3.